The third-order valence-electron chi connectivity index (χ3n) is 4.42. The van der Waals surface area contributed by atoms with Crippen molar-refractivity contribution in [2.24, 2.45) is 5.41 Å². The van der Waals surface area contributed by atoms with E-state index in [1.807, 2.05) is 61.7 Å². The minimum absolute atomic E-state index is 0.179. The molecular formula is C23H23NO4. The Labute approximate surface area is 163 Å². The normalized spacial score (nSPS) is 11.4. The van der Waals surface area contributed by atoms with Gasteiger partial charge in [0, 0.05) is 6.54 Å². The summed E-state index contributed by atoms with van der Waals surface area (Å²) in [6.45, 7) is 6.58. The number of aromatic carboxylic acids is 2. The summed E-state index contributed by atoms with van der Waals surface area (Å²) in [5.74, 6) is -2.50. The number of carboxylic acids is 2. The molecule has 0 bridgehead atoms. The first-order chi connectivity index (χ1) is 13.2. The van der Waals surface area contributed by atoms with Gasteiger partial charge in [-0.3, -0.25) is 0 Å². The van der Waals surface area contributed by atoms with Crippen LogP contribution in [0.25, 0.3) is 22.5 Å². The molecule has 0 unspecified atom stereocenters. The van der Waals surface area contributed by atoms with Gasteiger partial charge in [0.25, 0.3) is 0 Å². The Balaban J connectivity index is 2.50. The minimum atomic E-state index is -1.25. The van der Waals surface area contributed by atoms with Gasteiger partial charge < -0.3 is 14.8 Å². The van der Waals surface area contributed by atoms with Crippen molar-refractivity contribution in [2.75, 3.05) is 0 Å². The molecule has 0 aliphatic heterocycles. The second-order valence-corrected chi connectivity index (χ2v) is 7.94. The maximum absolute atomic E-state index is 12.2. The van der Waals surface area contributed by atoms with Gasteiger partial charge in [-0.25, -0.2) is 9.59 Å². The molecule has 3 aromatic rings. The minimum Gasteiger partial charge on any atom is -0.478 e. The Morgan fingerprint density at radius 3 is 1.39 bits per heavy atom. The highest BCUT2D eigenvalue weighted by atomic mass is 16.4. The zero-order valence-corrected chi connectivity index (χ0v) is 16.1. The van der Waals surface area contributed by atoms with Gasteiger partial charge in [-0.05, 0) is 16.5 Å². The Hall–Kier alpha value is -3.34. The summed E-state index contributed by atoms with van der Waals surface area (Å²) in [5, 5.41) is 19.9. The van der Waals surface area contributed by atoms with Crippen LogP contribution in [0, 0.1) is 5.41 Å². The lowest BCUT2D eigenvalue weighted by Gasteiger charge is -2.24. The van der Waals surface area contributed by atoms with Gasteiger partial charge in [0.2, 0.25) is 0 Å². The van der Waals surface area contributed by atoms with Gasteiger partial charge in [-0.1, -0.05) is 81.4 Å². The van der Waals surface area contributed by atoms with Crippen LogP contribution in [-0.2, 0) is 6.54 Å². The molecule has 0 atom stereocenters. The van der Waals surface area contributed by atoms with Gasteiger partial charge in [0.1, 0.15) is 11.1 Å². The maximum atomic E-state index is 12.2. The fourth-order valence-corrected chi connectivity index (χ4v) is 3.46. The van der Waals surface area contributed by atoms with E-state index in [0.29, 0.717) is 29.1 Å². The van der Waals surface area contributed by atoms with Crippen LogP contribution < -0.4 is 0 Å². The molecule has 5 heteroatoms. The van der Waals surface area contributed by atoms with Gasteiger partial charge >= 0.3 is 11.9 Å². The number of carboxylic acid groups (broad SMARTS) is 2. The fraction of sp³-hybridized carbons (Fsp3) is 0.217. The highest BCUT2D eigenvalue weighted by Crippen LogP contribution is 2.39. The van der Waals surface area contributed by atoms with Crippen molar-refractivity contribution in [3.63, 3.8) is 0 Å². The van der Waals surface area contributed by atoms with Crippen molar-refractivity contribution in [3.8, 4) is 22.5 Å². The highest BCUT2D eigenvalue weighted by molar-refractivity contribution is 6.11. The zero-order chi connectivity index (χ0) is 20.5. The molecule has 3 rings (SSSR count). The predicted octanol–water partition coefficient (Wildman–Crippen LogP) is 5.26. The van der Waals surface area contributed by atoms with E-state index in [9.17, 15) is 19.8 Å². The Kier molecular flexibility index (Phi) is 5.10. The van der Waals surface area contributed by atoms with Crippen LogP contribution in [0.15, 0.2) is 60.7 Å². The molecule has 0 aliphatic carbocycles. The van der Waals surface area contributed by atoms with E-state index in [0.717, 1.165) is 0 Å². The molecule has 5 nitrogen and oxygen atoms in total. The third kappa shape index (κ3) is 3.69. The van der Waals surface area contributed by atoms with Crippen molar-refractivity contribution in [2.45, 2.75) is 27.3 Å². The van der Waals surface area contributed by atoms with E-state index in [-0.39, 0.29) is 16.5 Å². The standard InChI is InChI=1S/C23H23NO4/c1-23(2,3)14-24-19(15-10-6-4-7-11-15)17(21(25)26)18(22(27)28)20(24)16-12-8-5-9-13-16/h4-13H,14H2,1-3H3,(H,25,26)(H,27,28). The Morgan fingerprint density at radius 2 is 1.11 bits per heavy atom. The molecular weight excluding hydrogens is 354 g/mol. The smallest absolute Gasteiger partial charge is 0.338 e. The van der Waals surface area contributed by atoms with Gasteiger partial charge in [-0.2, -0.15) is 0 Å². The van der Waals surface area contributed by atoms with Crippen molar-refractivity contribution in [1.82, 2.24) is 4.57 Å². The first-order valence-corrected chi connectivity index (χ1v) is 9.04. The first kappa shape index (κ1) is 19.4. The SMILES string of the molecule is CC(C)(C)Cn1c(-c2ccccc2)c(C(=O)O)c(C(=O)O)c1-c1ccccc1. The summed E-state index contributed by atoms with van der Waals surface area (Å²) in [4.78, 5) is 24.4. The van der Waals surface area contributed by atoms with Crippen LogP contribution in [0.4, 0.5) is 0 Å². The monoisotopic (exact) mass is 377 g/mol. The summed E-state index contributed by atoms with van der Waals surface area (Å²) >= 11 is 0. The van der Waals surface area contributed by atoms with Crippen LogP contribution in [0.3, 0.4) is 0 Å². The molecule has 28 heavy (non-hydrogen) atoms. The van der Waals surface area contributed by atoms with Gasteiger partial charge in [0.15, 0.2) is 0 Å². The van der Waals surface area contributed by atoms with Crippen molar-refractivity contribution >= 4 is 11.9 Å². The molecule has 0 saturated carbocycles. The first-order valence-electron chi connectivity index (χ1n) is 9.04. The average Bonchev–Trinajstić information content (AvgIpc) is 2.96. The highest BCUT2D eigenvalue weighted by Gasteiger charge is 2.33. The number of benzene rings is 2. The number of rotatable bonds is 5. The second kappa shape index (κ2) is 7.35. The number of hydrogen-bond donors (Lipinski definition) is 2. The second-order valence-electron chi connectivity index (χ2n) is 7.94. The predicted molar refractivity (Wildman–Crippen MR) is 109 cm³/mol. The van der Waals surface area contributed by atoms with E-state index in [1.165, 1.54) is 0 Å². The van der Waals surface area contributed by atoms with Crippen LogP contribution in [0.1, 0.15) is 41.5 Å². The molecule has 2 aromatic carbocycles. The lowest BCUT2D eigenvalue weighted by atomic mass is 9.96. The van der Waals surface area contributed by atoms with Crippen molar-refractivity contribution in [3.05, 3.63) is 71.8 Å². The molecule has 1 aromatic heterocycles. The zero-order valence-electron chi connectivity index (χ0n) is 16.1. The number of hydrogen-bond acceptors (Lipinski definition) is 2. The Morgan fingerprint density at radius 1 is 0.750 bits per heavy atom. The molecule has 0 saturated heterocycles. The third-order valence-corrected chi connectivity index (χ3v) is 4.42. The van der Waals surface area contributed by atoms with E-state index in [4.69, 9.17) is 0 Å². The number of carbonyl (C=O) groups is 2. The maximum Gasteiger partial charge on any atom is 0.338 e. The summed E-state index contributed by atoms with van der Waals surface area (Å²) in [6.07, 6.45) is 0. The largest absolute Gasteiger partial charge is 0.478 e. The van der Waals surface area contributed by atoms with Crippen LogP contribution in [0.5, 0.6) is 0 Å². The number of nitrogens with zero attached hydrogens (tertiary/aromatic N) is 1. The van der Waals surface area contributed by atoms with Gasteiger partial charge in [-0.15, -0.1) is 0 Å². The summed E-state index contributed by atoms with van der Waals surface area (Å²) in [7, 11) is 0. The van der Waals surface area contributed by atoms with Crippen LogP contribution in [-0.4, -0.2) is 26.7 Å². The Bertz CT molecular complexity index is 937. The molecule has 144 valence electrons. The lowest BCUT2D eigenvalue weighted by Crippen LogP contribution is -2.17. The number of aromatic nitrogens is 1. The van der Waals surface area contributed by atoms with Crippen molar-refractivity contribution in [1.29, 1.82) is 0 Å². The molecule has 0 spiro atoms. The van der Waals surface area contributed by atoms with E-state index >= 15 is 0 Å². The molecule has 0 radical (unpaired) electrons. The average molecular weight is 377 g/mol. The molecule has 2 N–H and O–H groups in total. The van der Waals surface area contributed by atoms with E-state index in [2.05, 4.69) is 0 Å². The van der Waals surface area contributed by atoms with Crippen molar-refractivity contribution < 1.29 is 19.8 Å². The molecule has 1 heterocycles. The van der Waals surface area contributed by atoms with Gasteiger partial charge in [0.05, 0.1) is 11.4 Å². The quantitative estimate of drug-likeness (QED) is 0.635. The van der Waals surface area contributed by atoms with E-state index in [1.54, 1.807) is 24.3 Å². The molecule has 0 fully saturated rings. The topological polar surface area (TPSA) is 79.5 Å². The summed E-state index contributed by atoms with van der Waals surface area (Å²) in [5.41, 5.74) is 1.63. The lowest BCUT2D eigenvalue weighted by molar-refractivity contribution is 0.0654. The summed E-state index contributed by atoms with van der Waals surface area (Å²) < 4.78 is 1.84. The molecule has 0 amide bonds. The van der Waals surface area contributed by atoms with Crippen LogP contribution >= 0.6 is 0 Å². The van der Waals surface area contributed by atoms with Crippen LogP contribution in [0.2, 0.25) is 0 Å². The van der Waals surface area contributed by atoms with E-state index < -0.39 is 11.9 Å². The summed E-state index contributed by atoms with van der Waals surface area (Å²) in [6, 6.07) is 18.2. The molecule has 0 aliphatic rings. The fourth-order valence-electron chi connectivity index (χ4n) is 3.46.